The minimum atomic E-state index is 0. The largest absolute Gasteiger partial charge is 1.00 e. The maximum absolute atomic E-state index is 2.28. The van der Waals surface area contributed by atoms with Crippen LogP contribution in [0.1, 0.15) is 1.43 Å². The minimum Gasteiger partial charge on any atom is -1.00 e. The van der Waals surface area contributed by atoms with Crippen LogP contribution in [0, 0.1) is 0 Å². The molecule has 0 amide bonds. The fourth-order valence-electron chi connectivity index (χ4n) is 0. The summed E-state index contributed by atoms with van der Waals surface area (Å²) in [5.41, 5.74) is 0. The Bertz CT molecular complexity index is 9.61. The Balaban J connectivity index is -0.0000000200. The Morgan fingerprint density at radius 2 is 1.50 bits per heavy atom. The van der Waals surface area contributed by atoms with E-state index < -0.39 is 0 Å². The summed E-state index contributed by atoms with van der Waals surface area (Å²) in [5.74, 6) is 0. The summed E-state index contributed by atoms with van der Waals surface area (Å²) in [6.07, 6.45) is 0. The van der Waals surface area contributed by atoms with Gasteiger partial charge in [-0.05, 0) is 0 Å². The van der Waals surface area contributed by atoms with Crippen LogP contribution in [0.4, 0.5) is 0 Å². The first-order chi connectivity index (χ1) is 1.41. The SMILES string of the molecule is ICI.[H-].[K+]. The van der Waals surface area contributed by atoms with Crippen LogP contribution in [0.25, 0.3) is 0 Å². The first kappa shape index (κ1) is 10.2. The van der Waals surface area contributed by atoms with Crippen LogP contribution in [0.3, 0.4) is 0 Å². The first-order valence-electron chi connectivity index (χ1n) is 0.535. The number of alkyl halides is 2. The van der Waals surface area contributed by atoms with Gasteiger partial charge in [0.1, 0.15) is 0 Å². The average molecular weight is 308 g/mol. The molecule has 0 aromatic heterocycles. The monoisotopic (exact) mass is 308 g/mol. The van der Waals surface area contributed by atoms with Crippen molar-refractivity contribution in [2.24, 2.45) is 0 Å². The molecule has 0 N–H and O–H groups in total. The van der Waals surface area contributed by atoms with Crippen molar-refractivity contribution in [2.45, 2.75) is 0 Å². The molecule has 0 aromatic rings. The van der Waals surface area contributed by atoms with Crippen molar-refractivity contribution < 1.29 is 52.8 Å². The summed E-state index contributed by atoms with van der Waals surface area (Å²) >= 11 is 4.55. The van der Waals surface area contributed by atoms with Crippen molar-refractivity contribution in [3.63, 3.8) is 0 Å². The molecule has 3 heteroatoms. The van der Waals surface area contributed by atoms with Gasteiger partial charge in [-0.25, -0.2) is 0 Å². The second-order valence-corrected chi connectivity index (χ2v) is 4.55. The topological polar surface area (TPSA) is 0 Å². The molecule has 0 aliphatic rings. The molecule has 0 saturated heterocycles. The molecule has 22 valence electrons. The quantitative estimate of drug-likeness (QED) is 0.304. The molecule has 0 atom stereocenters. The van der Waals surface area contributed by atoms with Gasteiger partial charge in [-0.3, -0.25) is 0 Å². The molecule has 0 unspecified atom stereocenters. The zero-order valence-corrected chi connectivity index (χ0v) is 9.90. The molecule has 0 aromatic carbocycles. The van der Waals surface area contributed by atoms with Crippen LogP contribution in [0.15, 0.2) is 0 Å². The molecule has 0 aliphatic carbocycles. The molecule has 0 aliphatic heterocycles. The molecule has 0 heterocycles. The molecule has 0 fully saturated rings. The summed E-state index contributed by atoms with van der Waals surface area (Å²) < 4.78 is 1.19. The van der Waals surface area contributed by atoms with E-state index in [0.29, 0.717) is 0 Å². The Morgan fingerprint density at radius 1 is 1.50 bits per heavy atom. The maximum Gasteiger partial charge on any atom is 1.00 e. The zero-order chi connectivity index (χ0) is 2.71. The standard InChI is InChI=1S/CH2I2.K.H/c2-1-3;;/h1H2;;/q;+1;-1. The van der Waals surface area contributed by atoms with Crippen molar-refractivity contribution in [2.75, 3.05) is 2.43 Å². The van der Waals surface area contributed by atoms with Crippen LogP contribution >= 0.6 is 45.2 Å². The number of hydrogen-bond donors (Lipinski definition) is 0. The van der Waals surface area contributed by atoms with Gasteiger partial charge in [0.2, 0.25) is 0 Å². The van der Waals surface area contributed by atoms with Crippen LogP contribution < -0.4 is 51.4 Å². The van der Waals surface area contributed by atoms with Crippen LogP contribution in [0.2, 0.25) is 0 Å². The molecule has 0 nitrogen and oxygen atoms in total. The Labute approximate surface area is 97.7 Å². The van der Waals surface area contributed by atoms with Crippen molar-refractivity contribution in [3.8, 4) is 0 Å². The summed E-state index contributed by atoms with van der Waals surface area (Å²) in [4.78, 5) is 0. The van der Waals surface area contributed by atoms with Gasteiger partial charge in [0.15, 0.2) is 0 Å². The average Bonchev–Trinajstić information content (AvgIpc) is 0.918. The molecular formula is CH3I2K. The number of rotatable bonds is 0. The minimum absolute atomic E-state index is 0. The fraction of sp³-hybridized carbons (Fsp3) is 1.00. The third-order valence-electron chi connectivity index (χ3n) is 0. The third kappa shape index (κ3) is 8.92. The molecule has 0 rings (SSSR count). The van der Waals surface area contributed by atoms with Gasteiger partial charge in [-0.2, -0.15) is 0 Å². The summed E-state index contributed by atoms with van der Waals surface area (Å²) in [6.45, 7) is 0. The summed E-state index contributed by atoms with van der Waals surface area (Å²) in [6, 6.07) is 0. The van der Waals surface area contributed by atoms with Crippen molar-refractivity contribution in [1.29, 1.82) is 0 Å². The van der Waals surface area contributed by atoms with E-state index in [1.807, 2.05) is 0 Å². The van der Waals surface area contributed by atoms with Gasteiger partial charge >= 0.3 is 51.4 Å². The first-order valence-corrected chi connectivity index (χ1v) is 3.59. The van der Waals surface area contributed by atoms with Crippen LogP contribution in [-0.2, 0) is 0 Å². The molecule has 0 saturated carbocycles. The number of halogens is 2. The zero-order valence-electron chi connectivity index (χ0n) is 3.46. The van der Waals surface area contributed by atoms with Gasteiger partial charge < -0.3 is 1.43 Å². The van der Waals surface area contributed by atoms with E-state index in [1.165, 1.54) is 2.43 Å². The van der Waals surface area contributed by atoms with Gasteiger partial charge in [-0.15, -0.1) is 0 Å². The van der Waals surface area contributed by atoms with Gasteiger partial charge in [-0.1, -0.05) is 45.2 Å². The fourth-order valence-corrected chi connectivity index (χ4v) is 0. The van der Waals surface area contributed by atoms with Crippen molar-refractivity contribution in [1.82, 2.24) is 0 Å². The predicted octanol–water partition coefficient (Wildman–Crippen LogP) is -1.07. The van der Waals surface area contributed by atoms with E-state index in [4.69, 9.17) is 0 Å². The molecule has 0 spiro atoms. The van der Waals surface area contributed by atoms with E-state index in [2.05, 4.69) is 45.2 Å². The van der Waals surface area contributed by atoms with Gasteiger partial charge in [0, 0.05) is 0 Å². The smallest absolute Gasteiger partial charge is 1.00 e. The normalized spacial score (nSPS) is 4.50. The Kier molecular flexibility index (Phi) is 24.0. The van der Waals surface area contributed by atoms with E-state index in [9.17, 15) is 0 Å². The van der Waals surface area contributed by atoms with Gasteiger partial charge in [0.05, 0.1) is 2.43 Å². The van der Waals surface area contributed by atoms with Crippen LogP contribution in [0.5, 0.6) is 0 Å². The summed E-state index contributed by atoms with van der Waals surface area (Å²) in [5, 5.41) is 0. The van der Waals surface area contributed by atoms with Crippen molar-refractivity contribution >= 4 is 45.2 Å². The second kappa shape index (κ2) is 9.44. The van der Waals surface area contributed by atoms with E-state index in [1.54, 1.807) is 0 Å². The van der Waals surface area contributed by atoms with Crippen molar-refractivity contribution in [3.05, 3.63) is 0 Å². The third-order valence-corrected chi connectivity index (χ3v) is 0. The maximum atomic E-state index is 2.28. The second-order valence-electron chi connectivity index (χ2n) is 0.101. The van der Waals surface area contributed by atoms with E-state index >= 15 is 0 Å². The van der Waals surface area contributed by atoms with E-state index in [-0.39, 0.29) is 52.8 Å². The van der Waals surface area contributed by atoms with E-state index in [0.717, 1.165) is 0 Å². The van der Waals surface area contributed by atoms with Gasteiger partial charge in [0.25, 0.3) is 0 Å². The summed E-state index contributed by atoms with van der Waals surface area (Å²) in [7, 11) is 0. The molecular weight excluding hydrogens is 305 g/mol. The molecule has 0 bridgehead atoms. The Morgan fingerprint density at radius 3 is 1.50 bits per heavy atom. The number of hydrogen-bond acceptors (Lipinski definition) is 0. The van der Waals surface area contributed by atoms with Crippen LogP contribution in [-0.4, -0.2) is 2.43 Å². The molecule has 4 heavy (non-hydrogen) atoms. The molecule has 0 radical (unpaired) electrons. The Hall–Kier alpha value is 3.10. The predicted molar refractivity (Wildman–Crippen MR) is 34.0 cm³/mol.